The second-order valence-electron chi connectivity index (χ2n) is 3.54. The average Bonchev–Trinajstić information content (AvgIpc) is 2.29. The third-order valence-electron chi connectivity index (χ3n) is 2.23. The Bertz CT molecular complexity index is 318. The van der Waals surface area contributed by atoms with Crippen LogP contribution in [0.4, 0.5) is 4.39 Å². The van der Waals surface area contributed by atoms with E-state index in [1.54, 1.807) is 12.1 Å². The molecule has 0 aromatic heterocycles. The van der Waals surface area contributed by atoms with Gasteiger partial charge in [-0.2, -0.15) is 0 Å². The van der Waals surface area contributed by atoms with Crippen molar-refractivity contribution in [3.8, 4) is 5.75 Å². The zero-order valence-electron chi connectivity index (χ0n) is 9.09. The van der Waals surface area contributed by atoms with E-state index in [0.717, 1.165) is 25.7 Å². The topological polar surface area (TPSA) is 29.5 Å². The number of unbranched alkanes of at least 4 members (excludes halogenated alkanes) is 3. The molecule has 4 heteroatoms. The predicted octanol–water partition coefficient (Wildman–Crippen LogP) is 3.41. The molecule has 0 unspecified atom stereocenters. The first-order chi connectivity index (χ1) is 7.75. The maximum absolute atomic E-state index is 13.3. The fraction of sp³-hybridized carbons (Fsp3) is 0.500. The molecule has 0 fully saturated rings. The van der Waals surface area contributed by atoms with Gasteiger partial charge in [-0.1, -0.05) is 24.1 Å². The molecule has 2 nitrogen and oxygen atoms in total. The van der Waals surface area contributed by atoms with Gasteiger partial charge < -0.3 is 9.84 Å². The number of rotatable bonds is 7. The van der Waals surface area contributed by atoms with Crippen molar-refractivity contribution in [2.45, 2.75) is 25.7 Å². The molecule has 0 heterocycles. The van der Waals surface area contributed by atoms with Crippen LogP contribution >= 0.6 is 11.6 Å². The zero-order chi connectivity index (χ0) is 11.8. The maximum atomic E-state index is 13.3. The van der Waals surface area contributed by atoms with Crippen LogP contribution in [-0.2, 0) is 0 Å². The van der Waals surface area contributed by atoms with Crippen molar-refractivity contribution in [1.29, 1.82) is 0 Å². The summed E-state index contributed by atoms with van der Waals surface area (Å²) in [6, 6.07) is 4.71. The Kier molecular flexibility index (Phi) is 6.19. The summed E-state index contributed by atoms with van der Waals surface area (Å²) in [7, 11) is 0. The lowest BCUT2D eigenvalue weighted by molar-refractivity contribution is 0.270. The summed E-state index contributed by atoms with van der Waals surface area (Å²) in [6.45, 7) is 0.701. The standard InChI is InChI=1S/C12H16ClFO2/c13-10-6-5-7-11(12(10)14)16-9-4-2-1-3-8-15/h5-7,15H,1-4,8-9H2. The van der Waals surface area contributed by atoms with Crippen LogP contribution in [0.3, 0.4) is 0 Å². The van der Waals surface area contributed by atoms with Crippen LogP contribution in [0, 0.1) is 5.82 Å². The number of ether oxygens (including phenoxy) is 1. The smallest absolute Gasteiger partial charge is 0.183 e. The first-order valence-electron chi connectivity index (χ1n) is 5.43. The monoisotopic (exact) mass is 246 g/mol. The largest absolute Gasteiger partial charge is 0.490 e. The van der Waals surface area contributed by atoms with Gasteiger partial charge in [0, 0.05) is 6.61 Å². The Morgan fingerprint density at radius 2 is 1.94 bits per heavy atom. The van der Waals surface area contributed by atoms with E-state index in [2.05, 4.69) is 0 Å². The predicted molar refractivity (Wildman–Crippen MR) is 62.5 cm³/mol. The molecule has 0 saturated heterocycles. The van der Waals surface area contributed by atoms with Crippen LogP contribution in [0.15, 0.2) is 18.2 Å². The number of aliphatic hydroxyl groups is 1. The second kappa shape index (κ2) is 7.47. The van der Waals surface area contributed by atoms with Crippen molar-refractivity contribution in [2.75, 3.05) is 13.2 Å². The Morgan fingerprint density at radius 3 is 2.69 bits per heavy atom. The Morgan fingerprint density at radius 1 is 1.19 bits per heavy atom. The van der Waals surface area contributed by atoms with Crippen molar-refractivity contribution >= 4 is 11.6 Å². The van der Waals surface area contributed by atoms with Gasteiger partial charge in [0.05, 0.1) is 11.6 Å². The summed E-state index contributed by atoms with van der Waals surface area (Å²) in [6.07, 6.45) is 3.61. The lowest BCUT2D eigenvalue weighted by atomic mass is 10.2. The van der Waals surface area contributed by atoms with Gasteiger partial charge in [-0.25, -0.2) is 4.39 Å². The number of benzene rings is 1. The third kappa shape index (κ3) is 4.37. The summed E-state index contributed by atoms with van der Waals surface area (Å²) in [5.41, 5.74) is 0. The molecule has 0 radical (unpaired) electrons. The van der Waals surface area contributed by atoms with E-state index < -0.39 is 5.82 Å². The number of hydrogen-bond donors (Lipinski definition) is 1. The summed E-state index contributed by atoms with van der Waals surface area (Å²) < 4.78 is 18.6. The van der Waals surface area contributed by atoms with Gasteiger partial charge in [0.1, 0.15) is 0 Å². The van der Waals surface area contributed by atoms with Crippen molar-refractivity contribution in [3.63, 3.8) is 0 Å². The summed E-state index contributed by atoms with van der Waals surface area (Å²) in [5, 5.41) is 8.65. The quantitative estimate of drug-likeness (QED) is 0.747. The van der Waals surface area contributed by atoms with Gasteiger partial charge in [0.15, 0.2) is 11.6 Å². The van der Waals surface area contributed by atoms with Crippen LogP contribution in [0.2, 0.25) is 5.02 Å². The molecule has 1 aromatic rings. The number of aliphatic hydroxyl groups excluding tert-OH is 1. The highest BCUT2D eigenvalue weighted by molar-refractivity contribution is 6.30. The lowest BCUT2D eigenvalue weighted by Crippen LogP contribution is -1.99. The SMILES string of the molecule is OCCCCCCOc1cccc(Cl)c1F. The van der Waals surface area contributed by atoms with E-state index in [-0.39, 0.29) is 17.4 Å². The fourth-order valence-electron chi connectivity index (χ4n) is 1.35. The van der Waals surface area contributed by atoms with Crippen LogP contribution in [0.25, 0.3) is 0 Å². The van der Waals surface area contributed by atoms with Gasteiger partial charge >= 0.3 is 0 Å². The van der Waals surface area contributed by atoms with Gasteiger partial charge in [-0.15, -0.1) is 0 Å². The van der Waals surface area contributed by atoms with Crippen LogP contribution in [0.5, 0.6) is 5.75 Å². The molecule has 0 amide bonds. The van der Waals surface area contributed by atoms with Crippen LogP contribution in [-0.4, -0.2) is 18.3 Å². The van der Waals surface area contributed by atoms with E-state index in [4.69, 9.17) is 21.4 Å². The summed E-state index contributed by atoms with van der Waals surface area (Å²) in [4.78, 5) is 0. The van der Waals surface area contributed by atoms with E-state index >= 15 is 0 Å². The fourth-order valence-corrected chi connectivity index (χ4v) is 1.51. The first-order valence-corrected chi connectivity index (χ1v) is 5.81. The highest BCUT2D eigenvalue weighted by atomic mass is 35.5. The second-order valence-corrected chi connectivity index (χ2v) is 3.95. The molecule has 0 spiro atoms. The van der Waals surface area contributed by atoms with Gasteiger partial charge in [-0.05, 0) is 31.4 Å². The molecular formula is C12H16ClFO2. The third-order valence-corrected chi connectivity index (χ3v) is 2.52. The molecule has 0 aliphatic rings. The molecule has 90 valence electrons. The minimum absolute atomic E-state index is 0.0813. The highest BCUT2D eigenvalue weighted by Crippen LogP contribution is 2.24. The van der Waals surface area contributed by atoms with E-state index in [1.165, 1.54) is 6.07 Å². The molecule has 0 aliphatic heterocycles. The van der Waals surface area contributed by atoms with Crippen LogP contribution in [0.1, 0.15) is 25.7 Å². The minimum atomic E-state index is -0.500. The normalized spacial score (nSPS) is 10.4. The molecule has 0 saturated carbocycles. The zero-order valence-corrected chi connectivity index (χ0v) is 9.84. The molecule has 1 rings (SSSR count). The summed E-state index contributed by atoms with van der Waals surface area (Å²) >= 11 is 5.61. The Balaban J connectivity index is 2.24. The molecule has 0 atom stereocenters. The maximum Gasteiger partial charge on any atom is 0.183 e. The van der Waals surface area contributed by atoms with Crippen molar-refractivity contribution in [1.82, 2.24) is 0 Å². The van der Waals surface area contributed by atoms with E-state index in [1.807, 2.05) is 0 Å². The molecular weight excluding hydrogens is 231 g/mol. The van der Waals surface area contributed by atoms with E-state index in [0.29, 0.717) is 6.61 Å². The van der Waals surface area contributed by atoms with E-state index in [9.17, 15) is 4.39 Å². The minimum Gasteiger partial charge on any atom is -0.490 e. The number of hydrogen-bond acceptors (Lipinski definition) is 2. The van der Waals surface area contributed by atoms with Crippen molar-refractivity contribution in [3.05, 3.63) is 29.0 Å². The number of halogens is 2. The first kappa shape index (κ1) is 13.3. The highest BCUT2D eigenvalue weighted by Gasteiger charge is 2.06. The van der Waals surface area contributed by atoms with Crippen LogP contribution < -0.4 is 4.74 Å². The van der Waals surface area contributed by atoms with Gasteiger partial charge in [0.2, 0.25) is 0 Å². The molecule has 0 bridgehead atoms. The molecule has 0 aliphatic carbocycles. The lowest BCUT2D eigenvalue weighted by Gasteiger charge is -2.07. The molecule has 1 N–H and O–H groups in total. The van der Waals surface area contributed by atoms with Gasteiger partial charge in [0.25, 0.3) is 0 Å². The average molecular weight is 247 g/mol. The summed E-state index contributed by atoms with van der Waals surface area (Å²) in [5.74, 6) is -0.297. The molecule has 1 aromatic carbocycles. The Labute approximate surface area is 100.0 Å². The van der Waals surface area contributed by atoms with Gasteiger partial charge in [-0.3, -0.25) is 0 Å². The Hall–Kier alpha value is -0.800. The van der Waals surface area contributed by atoms with Crippen molar-refractivity contribution in [2.24, 2.45) is 0 Å². The van der Waals surface area contributed by atoms with Crippen molar-refractivity contribution < 1.29 is 14.2 Å². The molecule has 16 heavy (non-hydrogen) atoms.